The first-order chi connectivity index (χ1) is 5.21. The normalized spacial score (nSPS) is 23.1. The maximum Gasteiger partial charge on any atom is 0.0486 e. The van der Waals surface area contributed by atoms with Crippen molar-refractivity contribution in [1.82, 2.24) is 5.32 Å². The quantitative estimate of drug-likeness (QED) is 0.607. The third kappa shape index (κ3) is 1.63. The Morgan fingerprint density at radius 2 is 2.00 bits per heavy atom. The van der Waals surface area contributed by atoms with Gasteiger partial charge in [-0.1, -0.05) is 12.2 Å². The molecule has 0 aromatic carbocycles. The van der Waals surface area contributed by atoms with Crippen LogP contribution in [0.2, 0.25) is 0 Å². The summed E-state index contributed by atoms with van der Waals surface area (Å²) < 4.78 is 5.30. The standard InChI is InChI=1S/C9H17NO/c1-8(2)9(10-3)4-6-11-7-5-9/h10H,1,4-7H2,2-3H3. The van der Waals surface area contributed by atoms with Gasteiger partial charge in [0.25, 0.3) is 0 Å². The lowest BCUT2D eigenvalue weighted by Crippen LogP contribution is -2.48. The van der Waals surface area contributed by atoms with Crippen molar-refractivity contribution in [2.24, 2.45) is 0 Å². The molecule has 1 aliphatic heterocycles. The summed E-state index contributed by atoms with van der Waals surface area (Å²) in [6.07, 6.45) is 2.11. The molecular formula is C9H17NO. The Balaban J connectivity index is 2.64. The molecule has 1 saturated heterocycles. The van der Waals surface area contributed by atoms with Crippen molar-refractivity contribution < 1.29 is 4.74 Å². The first kappa shape index (κ1) is 8.75. The Bertz CT molecular complexity index is 148. The molecule has 1 fully saturated rings. The highest BCUT2D eigenvalue weighted by Gasteiger charge is 2.31. The zero-order valence-electron chi connectivity index (χ0n) is 7.44. The molecule has 11 heavy (non-hydrogen) atoms. The summed E-state index contributed by atoms with van der Waals surface area (Å²) in [4.78, 5) is 0. The van der Waals surface area contributed by atoms with Crippen LogP contribution in [-0.2, 0) is 4.74 Å². The van der Waals surface area contributed by atoms with E-state index in [9.17, 15) is 0 Å². The van der Waals surface area contributed by atoms with E-state index in [1.165, 1.54) is 5.57 Å². The van der Waals surface area contributed by atoms with Crippen molar-refractivity contribution in [3.63, 3.8) is 0 Å². The van der Waals surface area contributed by atoms with Crippen LogP contribution in [0.15, 0.2) is 12.2 Å². The van der Waals surface area contributed by atoms with Gasteiger partial charge in [0, 0.05) is 18.8 Å². The molecule has 0 spiro atoms. The highest BCUT2D eigenvalue weighted by Crippen LogP contribution is 2.26. The van der Waals surface area contributed by atoms with Gasteiger partial charge in [-0.15, -0.1) is 0 Å². The highest BCUT2D eigenvalue weighted by atomic mass is 16.5. The van der Waals surface area contributed by atoms with Crippen LogP contribution in [0.1, 0.15) is 19.8 Å². The SMILES string of the molecule is C=C(C)C1(NC)CCOCC1. The van der Waals surface area contributed by atoms with Crippen LogP contribution in [0.25, 0.3) is 0 Å². The Labute approximate surface area is 68.6 Å². The minimum Gasteiger partial charge on any atom is -0.381 e. The number of nitrogens with one attached hydrogen (secondary N) is 1. The third-order valence-electron chi connectivity index (χ3n) is 2.64. The fourth-order valence-electron chi connectivity index (χ4n) is 1.61. The molecule has 0 radical (unpaired) electrons. The second-order valence-corrected chi connectivity index (χ2v) is 3.22. The topological polar surface area (TPSA) is 21.3 Å². The zero-order chi connectivity index (χ0) is 8.32. The van der Waals surface area contributed by atoms with Crippen molar-refractivity contribution >= 4 is 0 Å². The van der Waals surface area contributed by atoms with Crippen molar-refractivity contribution in [3.05, 3.63) is 12.2 Å². The van der Waals surface area contributed by atoms with E-state index in [0.29, 0.717) is 0 Å². The average Bonchev–Trinajstić information content (AvgIpc) is 2.05. The van der Waals surface area contributed by atoms with Gasteiger partial charge in [0.05, 0.1) is 0 Å². The van der Waals surface area contributed by atoms with E-state index in [4.69, 9.17) is 4.74 Å². The number of hydrogen-bond acceptors (Lipinski definition) is 2. The van der Waals surface area contributed by atoms with Crippen molar-refractivity contribution in [1.29, 1.82) is 0 Å². The minimum atomic E-state index is 0.151. The van der Waals surface area contributed by atoms with Crippen LogP contribution >= 0.6 is 0 Å². The average molecular weight is 155 g/mol. The predicted octanol–water partition coefficient (Wildman–Crippen LogP) is 1.33. The van der Waals surface area contributed by atoms with Gasteiger partial charge in [-0.05, 0) is 26.8 Å². The monoisotopic (exact) mass is 155 g/mol. The molecule has 1 heterocycles. The molecule has 1 N–H and O–H groups in total. The fourth-order valence-corrected chi connectivity index (χ4v) is 1.61. The van der Waals surface area contributed by atoms with E-state index in [1.807, 2.05) is 7.05 Å². The summed E-state index contributed by atoms with van der Waals surface area (Å²) in [6, 6.07) is 0. The molecule has 2 nitrogen and oxygen atoms in total. The molecule has 1 rings (SSSR count). The first-order valence-electron chi connectivity index (χ1n) is 4.14. The Morgan fingerprint density at radius 1 is 1.45 bits per heavy atom. The smallest absolute Gasteiger partial charge is 0.0486 e. The van der Waals surface area contributed by atoms with Crippen LogP contribution < -0.4 is 5.32 Å². The maximum absolute atomic E-state index is 5.30. The summed E-state index contributed by atoms with van der Waals surface area (Å²) in [7, 11) is 2.00. The molecule has 0 atom stereocenters. The lowest BCUT2D eigenvalue weighted by Gasteiger charge is -2.37. The van der Waals surface area contributed by atoms with Gasteiger partial charge < -0.3 is 10.1 Å². The summed E-state index contributed by atoms with van der Waals surface area (Å²) in [6.45, 7) is 7.80. The summed E-state index contributed by atoms with van der Waals surface area (Å²) >= 11 is 0. The van der Waals surface area contributed by atoms with Gasteiger partial charge in [0.2, 0.25) is 0 Å². The van der Waals surface area contributed by atoms with Gasteiger partial charge >= 0.3 is 0 Å². The fraction of sp³-hybridized carbons (Fsp3) is 0.778. The summed E-state index contributed by atoms with van der Waals surface area (Å²) in [5.41, 5.74) is 1.38. The molecule has 0 saturated carbocycles. The van der Waals surface area contributed by atoms with Crippen LogP contribution in [0.5, 0.6) is 0 Å². The molecule has 0 aromatic rings. The number of ether oxygens (including phenoxy) is 1. The lowest BCUT2D eigenvalue weighted by molar-refractivity contribution is 0.0544. The van der Waals surface area contributed by atoms with Gasteiger partial charge in [0.1, 0.15) is 0 Å². The number of hydrogen-bond donors (Lipinski definition) is 1. The summed E-state index contributed by atoms with van der Waals surface area (Å²) in [5, 5.41) is 3.34. The van der Waals surface area contributed by atoms with Gasteiger partial charge in [-0.25, -0.2) is 0 Å². The van der Waals surface area contributed by atoms with E-state index in [-0.39, 0.29) is 5.54 Å². The van der Waals surface area contributed by atoms with E-state index in [2.05, 4.69) is 18.8 Å². The Morgan fingerprint density at radius 3 is 2.27 bits per heavy atom. The second-order valence-electron chi connectivity index (χ2n) is 3.22. The first-order valence-corrected chi connectivity index (χ1v) is 4.14. The molecule has 0 unspecified atom stereocenters. The molecule has 1 aliphatic rings. The number of likely N-dealkylation sites (N-methyl/N-ethyl adjacent to an activating group) is 1. The molecule has 0 aromatic heterocycles. The van der Waals surface area contributed by atoms with Crippen LogP contribution in [-0.4, -0.2) is 25.8 Å². The summed E-state index contributed by atoms with van der Waals surface area (Å²) in [5.74, 6) is 0. The van der Waals surface area contributed by atoms with Crippen LogP contribution in [0, 0.1) is 0 Å². The second kappa shape index (κ2) is 3.37. The molecule has 2 heteroatoms. The molecular weight excluding hydrogens is 138 g/mol. The van der Waals surface area contributed by atoms with Crippen LogP contribution in [0.4, 0.5) is 0 Å². The van der Waals surface area contributed by atoms with Crippen molar-refractivity contribution in [3.8, 4) is 0 Å². The molecule has 0 bridgehead atoms. The van der Waals surface area contributed by atoms with Gasteiger partial charge in [-0.3, -0.25) is 0 Å². The maximum atomic E-state index is 5.30. The van der Waals surface area contributed by atoms with E-state index in [0.717, 1.165) is 26.1 Å². The van der Waals surface area contributed by atoms with Gasteiger partial charge in [0.15, 0.2) is 0 Å². The number of rotatable bonds is 2. The largest absolute Gasteiger partial charge is 0.381 e. The Hall–Kier alpha value is -0.340. The highest BCUT2D eigenvalue weighted by molar-refractivity contribution is 5.14. The van der Waals surface area contributed by atoms with Crippen molar-refractivity contribution in [2.45, 2.75) is 25.3 Å². The predicted molar refractivity (Wildman–Crippen MR) is 46.7 cm³/mol. The zero-order valence-corrected chi connectivity index (χ0v) is 7.44. The minimum absolute atomic E-state index is 0.151. The Kier molecular flexibility index (Phi) is 2.68. The molecule has 0 aliphatic carbocycles. The van der Waals surface area contributed by atoms with Crippen LogP contribution in [0.3, 0.4) is 0 Å². The molecule has 64 valence electrons. The van der Waals surface area contributed by atoms with Crippen molar-refractivity contribution in [2.75, 3.05) is 20.3 Å². The molecule has 0 amide bonds. The van der Waals surface area contributed by atoms with E-state index < -0.39 is 0 Å². The van der Waals surface area contributed by atoms with E-state index >= 15 is 0 Å². The van der Waals surface area contributed by atoms with Gasteiger partial charge in [-0.2, -0.15) is 0 Å². The lowest BCUT2D eigenvalue weighted by atomic mass is 9.84. The van der Waals surface area contributed by atoms with E-state index in [1.54, 1.807) is 0 Å². The third-order valence-corrected chi connectivity index (χ3v) is 2.64.